The van der Waals surface area contributed by atoms with Crippen LogP contribution in [-0.4, -0.2) is 17.4 Å². The molecule has 2 rings (SSSR count). The number of rotatable bonds is 3. The average Bonchev–Trinajstić information content (AvgIpc) is 2.69. The van der Waals surface area contributed by atoms with Gasteiger partial charge in [-0.1, -0.05) is 12.2 Å². The van der Waals surface area contributed by atoms with E-state index in [1.54, 1.807) is 18.3 Å². The zero-order valence-corrected chi connectivity index (χ0v) is 9.45. The van der Waals surface area contributed by atoms with Crippen molar-refractivity contribution in [2.24, 2.45) is 4.99 Å². The van der Waals surface area contributed by atoms with Crippen LogP contribution in [0.25, 0.3) is 11.0 Å². The summed E-state index contributed by atoms with van der Waals surface area (Å²) in [7, 11) is 0. The zero-order valence-electron chi connectivity index (χ0n) is 8.64. The molecule has 0 N–H and O–H groups in total. The van der Waals surface area contributed by atoms with Gasteiger partial charge in [-0.2, -0.15) is 0 Å². The van der Waals surface area contributed by atoms with E-state index < -0.39 is 0 Å². The lowest BCUT2D eigenvalue weighted by Crippen LogP contribution is -1.85. The number of thiocarbonyl (C=S) groups is 1. The van der Waals surface area contributed by atoms with Crippen molar-refractivity contribution < 1.29 is 9.21 Å². The molecule has 1 aromatic carbocycles. The van der Waals surface area contributed by atoms with Crippen LogP contribution in [0.1, 0.15) is 17.5 Å². The minimum Gasteiger partial charge on any atom is -0.453 e. The molecule has 0 aliphatic carbocycles. The normalized spacial score (nSPS) is 11.1. The highest BCUT2D eigenvalue weighted by Gasteiger charge is 2.07. The Balaban J connectivity index is 2.49. The number of hydrogen-bond donors (Lipinski definition) is 0. The van der Waals surface area contributed by atoms with E-state index in [2.05, 4.69) is 17.2 Å². The zero-order chi connectivity index (χ0) is 11.5. The number of nitrogens with zero attached hydrogens (tertiary/aromatic N) is 1. The van der Waals surface area contributed by atoms with Gasteiger partial charge in [-0.05, 0) is 24.3 Å². The molecular formula is C12H9NO2S. The lowest BCUT2D eigenvalue weighted by molar-refractivity contribution is 0.0989. The van der Waals surface area contributed by atoms with E-state index in [0.29, 0.717) is 11.3 Å². The Morgan fingerprint density at radius 3 is 2.94 bits per heavy atom. The van der Waals surface area contributed by atoms with Crippen LogP contribution in [-0.2, 0) is 0 Å². The summed E-state index contributed by atoms with van der Waals surface area (Å²) < 4.78 is 5.36. The second-order valence-electron chi connectivity index (χ2n) is 3.30. The van der Waals surface area contributed by atoms with E-state index in [1.165, 1.54) is 12.3 Å². The van der Waals surface area contributed by atoms with Crippen LogP contribution in [0.4, 0.5) is 5.69 Å². The van der Waals surface area contributed by atoms with Gasteiger partial charge in [0.05, 0.1) is 5.69 Å². The van der Waals surface area contributed by atoms with Crippen LogP contribution in [0, 0.1) is 0 Å². The number of ketones is 1. The van der Waals surface area contributed by atoms with E-state index in [9.17, 15) is 4.79 Å². The number of Topliss-reactive ketones (excluding diaryl/α,β-unsaturated/α-hetero) is 1. The highest BCUT2D eigenvalue weighted by atomic mass is 32.1. The maximum Gasteiger partial charge on any atom is 0.194 e. The van der Waals surface area contributed by atoms with Gasteiger partial charge in [0.1, 0.15) is 5.58 Å². The Morgan fingerprint density at radius 2 is 2.25 bits per heavy atom. The van der Waals surface area contributed by atoms with Crippen molar-refractivity contribution >= 4 is 46.2 Å². The Labute approximate surface area is 97.8 Å². The van der Waals surface area contributed by atoms with E-state index in [4.69, 9.17) is 4.42 Å². The minimum absolute atomic E-state index is 0.0832. The van der Waals surface area contributed by atoms with Gasteiger partial charge in [0, 0.05) is 23.9 Å². The van der Waals surface area contributed by atoms with Crippen LogP contribution in [0.5, 0.6) is 0 Å². The lowest BCUT2D eigenvalue weighted by Gasteiger charge is -1.91. The lowest BCUT2D eigenvalue weighted by atomic mass is 10.2. The highest BCUT2D eigenvalue weighted by Crippen LogP contribution is 2.24. The average molecular weight is 231 g/mol. The number of fused-ring (bicyclic) bond motifs is 1. The Morgan fingerprint density at radius 1 is 1.44 bits per heavy atom. The molecule has 0 unspecified atom stereocenters. The van der Waals surface area contributed by atoms with Gasteiger partial charge in [-0.25, -0.2) is 0 Å². The predicted octanol–water partition coefficient (Wildman–Crippen LogP) is 3.34. The van der Waals surface area contributed by atoms with Crippen LogP contribution in [0.3, 0.4) is 0 Å². The number of carbonyl (C=O) groups is 1. The molecule has 0 radical (unpaired) electrons. The molecule has 0 saturated carbocycles. The van der Waals surface area contributed by atoms with Crippen molar-refractivity contribution in [1.82, 2.24) is 0 Å². The molecule has 16 heavy (non-hydrogen) atoms. The number of carbonyl (C=O) groups excluding carboxylic acids is 1. The molecule has 0 amide bonds. The molecule has 4 heteroatoms. The smallest absolute Gasteiger partial charge is 0.194 e. The first-order chi connectivity index (χ1) is 7.70. The molecule has 0 aliphatic rings. The largest absolute Gasteiger partial charge is 0.453 e. The fraction of sp³-hybridized carbons (Fsp3) is 0.0833. The Bertz CT molecular complexity index is 584. The summed E-state index contributed by atoms with van der Waals surface area (Å²) in [6.45, 7) is 1.48. The number of hydrogen-bond acceptors (Lipinski definition) is 4. The number of furan rings is 1. The molecular weight excluding hydrogens is 222 g/mol. The summed E-state index contributed by atoms with van der Waals surface area (Å²) in [6, 6.07) is 7.16. The van der Waals surface area contributed by atoms with Gasteiger partial charge in [-0.3, -0.25) is 9.79 Å². The molecule has 0 spiro atoms. The van der Waals surface area contributed by atoms with Crippen molar-refractivity contribution in [3.8, 4) is 0 Å². The van der Waals surface area contributed by atoms with Crippen LogP contribution < -0.4 is 0 Å². The van der Waals surface area contributed by atoms with Crippen molar-refractivity contribution in [3.05, 3.63) is 30.0 Å². The minimum atomic E-state index is -0.0832. The summed E-state index contributed by atoms with van der Waals surface area (Å²) in [4.78, 5) is 15.2. The highest BCUT2D eigenvalue weighted by molar-refractivity contribution is 7.80. The summed E-state index contributed by atoms with van der Waals surface area (Å²) in [5.74, 6) is 0.283. The van der Waals surface area contributed by atoms with Gasteiger partial charge in [-0.15, -0.1) is 0 Å². The molecule has 0 saturated heterocycles. The van der Waals surface area contributed by atoms with Crippen LogP contribution >= 0.6 is 12.2 Å². The summed E-state index contributed by atoms with van der Waals surface area (Å²) in [5.41, 5.74) is 1.47. The maximum atomic E-state index is 11.1. The summed E-state index contributed by atoms with van der Waals surface area (Å²) in [5, 5.41) is 2.31. The number of aliphatic imine (C=N–C) groups is 1. The molecule has 3 nitrogen and oxygen atoms in total. The van der Waals surface area contributed by atoms with Crippen molar-refractivity contribution in [3.63, 3.8) is 0 Å². The molecule has 0 fully saturated rings. The predicted molar refractivity (Wildman–Crippen MR) is 68.0 cm³/mol. The first-order valence-electron chi connectivity index (χ1n) is 4.73. The third-order valence-corrected chi connectivity index (χ3v) is 2.25. The second kappa shape index (κ2) is 4.37. The Hall–Kier alpha value is -1.81. The molecule has 0 bridgehead atoms. The van der Waals surface area contributed by atoms with E-state index >= 15 is 0 Å². The third kappa shape index (κ3) is 2.06. The van der Waals surface area contributed by atoms with Gasteiger partial charge < -0.3 is 4.42 Å². The molecule has 2 aromatic rings. The molecule has 1 heterocycles. The molecule has 1 aromatic heterocycles. The quantitative estimate of drug-likeness (QED) is 0.462. The maximum absolute atomic E-state index is 11.1. The fourth-order valence-electron chi connectivity index (χ4n) is 1.40. The topological polar surface area (TPSA) is 42.6 Å². The van der Waals surface area contributed by atoms with Gasteiger partial charge in [0.15, 0.2) is 11.5 Å². The monoisotopic (exact) mass is 231 g/mol. The van der Waals surface area contributed by atoms with E-state index in [0.717, 1.165) is 11.1 Å². The van der Waals surface area contributed by atoms with Crippen LogP contribution in [0.15, 0.2) is 33.7 Å². The van der Waals surface area contributed by atoms with Gasteiger partial charge >= 0.3 is 0 Å². The standard InChI is InChI=1S/C12H9NO2S/c1-8(14)12-7-9-6-10(13-4-5-16)2-3-11(9)15-12/h2-7H,1H3. The van der Waals surface area contributed by atoms with Crippen LogP contribution in [0.2, 0.25) is 0 Å². The molecule has 0 aliphatic heterocycles. The van der Waals surface area contributed by atoms with Gasteiger partial charge in [0.25, 0.3) is 0 Å². The van der Waals surface area contributed by atoms with Crippen molar-refractivity contribution in [1.29, 1.82) is 0 Å². The second-order valence-corrected chi connectivity index (χ2v) is 3.58. The fourth-order valence-corrected chi connectivity index (χ4v) is 1.46. The summed E-state index contributed by atoms with van der Waals surface area (Å²) in [6.07, 6.45) is 1.54. The Kier molecular flexibility index (Phi) is 2.92. The van der Waals surface area contributed by atoms with Crippen molar-refractivity contribution in [2.75, 3.05) is 0 Å². The first-order valence-corrected chi connectivity index (χ1v) is 5.20. The number of benzene rings is 1. The van der Waals surface area contributed by atoms with E-state index in [1.807, 2.05) is 12.1 Å². The molecule has 80 valence electrons. The van der Waals surface area contributed by atoms with Gasteiger partial charge in [0.2, 0.25) is 0 Å². The third-order valence-electron chi connectivity index (χ3n) is 2.13. The van der Waals surface area contributed by atoms with E-state index in [-0.39, 0.29) is 5.78 Å². The molecule has 0 atom stereocenters. The SMILES string of the molecule is CC(=O)c1cc2cc(N=CC=S)ccc2o1. The summed E-state index contributed by atoms with van der Waals surface area (Å²) >= 11 is 4.65. The van der Waals surface area contributed by atoms with Crippen molar-refractivity contribution in [2.45, 2.75) is 6.92 Å². The first kappa shape index (κ1) is 10.7.